The number of hydrogen-bond acceptors (Lipinski definition) is 4. The van der Waals surface area contributed by atoms with E-state index in [4.69, 9.17) is 10.5 Å². The molecular weight excluding hydrogens is 238 g/mol. The number of nitrogens with zero attached hydrogens (tertiary/aromatic N) is 2. The van der Waals surface area contributed by atoms with Gasteiger partial charge in [0.05, 0.1) is 7.11 Å². The molecule has 1 unspecified atom stereocenters. The Morgan fingerprint density at radius 1 is 1.32 bits per heavy atom. The minimum absolute atomic E-state index is 0.247. The Kier molecular flexibility index (Phi) is 3.25. The summed E-state index contributed by atoms with van der Waals surface area (Å²) in [6.45, 7) is 1.90. The molecule has 1 aromatic heterocycles. The Hall–Kier alpha value is -1.81. The molecule has 2 heterocycles. The van der Waals surface area contributed by atoms with E-state index in [2.05, 4.69) is 16.0 Å². The molecule has 4 heteroatoms. The molecule has 0 aliphatic carbocycles. The third-order valence-corrected chi connectivity index (χ3v) is 3.72. The summed E-state index contributed by atoms with van der Waals surface area (Å²) in [5.74, 6) is 1.91. The number of ether oxygens (including phenoxy) is 1. The minimum atomic E-state index is 0.247. The first-order valence-corrected chi connectivity index (χ1v) is 6.72. The first kappa shape index (κ1) is 12.2. The highest BCUT2D eigenvalue weighted by Crippen LogP contribution is 2.31. The zero-order chi connectivity index (χ0) is 13.2. The van der Waals surface area contributed by atoms with Crippen LogP contribution in [0.5, 0.6) is 5.75 Å². The van der Waals surface area contributed by atoms with Gasteiger partial charge in [-0.25, -0.2) is 4.98 Å². The van der Waals surface area contributed by atoms with Crippen LogP contribution in [0.3, 0.4) is 0 Å². The van der Waals surface area contributed by atoms with Crippen LogP contribution in [0.2, 0.25) is 0 Å². The van der Waals surface area contributed by atoms with E-state index in [0.717, 1.165) is 48.3 Å². The SMILES string of the molecule is COc1cccc2c(N3CCCC(N)C3)nccc12. The topological polar surface area (TPSA) is 51.4 Å². The van der Waals surface area contributed by atoms with Crippen molar-refractivity contribution in [1.29, 1.82) is 0 Å². The molecule has 1 saturated heterocycles. The Labute approximate surface area is 113 Å². The molecule has 1 fully saturated rings. The van der Waals surface area contributed by atoms with Gasteiger partial charge in [-0.2, -0.15) is 0 Å². The molecule has 4 nitrogen and oxygen atoms in total. The zero-order valence-corrected chi connectivity index (χ0v) is 11.2. The van der Waals surface area contributed by atoms with Crippen molar-refractivity contribution in [3.8, 4) is 5.75 Å². The predicted molar refractivity (Wildman–Crippen MR) is 77.7 cm³/mol. The van der Waals surface area contributed by atoms with Crippen molar-refractivity contribution in [1.82, 2.24) is 4.98 Å². The van der Waals surface area contributed by atoms with Gasteiger partial charge >= 0.3 is 0 Å². The van der Waals surface area contributed by atoms with Crippen molar-refractivity contribution in [2.24, 2.45) is 5.73 Å². The summed E-state index contributed by atoms with van der Waals surface area (Å²) in [6.07, 6.45) is 4.08. The van der Waals surface area contributed by atoms with E-state index in [1.54, 1.807) is 7.11 Å². The van der Waals surface area contributed by atoms with Crippen molar-refractivity contribution in [2.75, 3.05) is 25.1 Å². The van der Waals surface area contributed by atoms with Crippen LogP contribution < -0.4 is 15.4 Å². The van der Waals surface area contributed by atoms with Gasteiger partial charge in [-0.05, 0) is 25.0 Å². The number of benzene rings is 1. The van der Waals surface area contributed by atoms with Gasteiger partial charge in [-0.15, -0.1) is 0 Å². The fraction of sp³-hybridized carbons (Fsp3) is 0.400. The molecule has 19 heavy (non-hydrogen) atoms. The number of hydrogen-bond donors (Lipinski definition) is 1. The number of fused-ring (bicyclic) bond motifs is 1. The molecule has 3 rings (SSSR count). The van der Waals surface area contributed by atoms with Crippen molar-refractivity contribution < 1.29 is 4.74 Å². The van der Waals surface area contributed by atoms with Gasteiger partial charge in [0.25, 0.3) is 0 Å². The average Bonchev–Trinajstić information content (AvgIpc) is 2.46. The third-order valence-electron chi connectivity index (χ3n) is 3.72. The van der Waals surface area contributed by atoms with E-state index in [1.165, 1.54) is 0 Å². The lowest BCUT2D eigenvalue weighted by Crippen LogP contribution is -2.43. The second-order valence-corrected chi connectivity index (χ2v) is 5.04. The Morgan fingerprint density at radius 2 is 2.21 bits per heavy atom. The largest absolute Gasteiger partial charge is 0.496 e. The number of rotatable bonds is 2. The molecule has 1 atom stereocenters. The molecule has 1 aromatic carbocycles. The molecular formula is C15H19N3O. The van der Waals surface area contributed by atoms with E-state index >= 15 is 0 Å². The molecule has 2 N–H and O–H groups in total. The number of pyridine rings is 1. The van der Waals surface area contributed by atoms with Crippen LogP contribution >= 0.6 is 0 Å². The number of anilines is 1. The van der Waals surface area contributed by atoms with Gasteiger partial charge in [0.1, 0.15) is 11.6 Å². The maximum absolute atomic E-state index is 6.07. The fourth-order valence-corrected chi connectivity index (χ4v) is 2.80. The number of nitrogens with two attached hydrogens (primary N) is 1. The van der Waals surface area contributed by atoms with Crippen LogP contribution in [-0.2, 0) is 0 Å². The normalized spacial score (nSPS) is 19.7. The summed E-state index contributed by atoms with van der Waals surface area (Å²) in [7, 11) is 1.70. The summed E-state index contributed by atoms with van der Waals surface area (Å²) in [5, 5.41) is 2.24. The van der Waals surface area contributed by atoms with Crippen LogP contribution in [0.25, 0.3) is 10.8 Å². The van der Waals surface area contributed by atoms with Gasteiger partial charge in [-0.1, -0.05) is 12.1 Å². The zero-order valence-electron chi connectivity index (χ0n) is 11.2. The molecule has 0 saturated carbocycles. The van der Waals surface area contributed by atoms with Crippen molar-refractivity contribution in [3.05, 3.63) is 30.5 Å². The molecule has 1 aliphatic heterocycles. The first-order valence-electron chi connectivity index (χ1n) is 6.72. The van der Waals surface area contributed by atoms with E-state index in [1.807, 2.05) is 24.4 Å². The maximum atomic E-state index is 6.07. The van der Waals surface area contributed by atoms with E-state index in [9.17, 15) is 0 Å². The molecule has 0 radical (unpaired) electrons. The first-order chi connectivity index (χ1) is 9.29. The lowest BCUT2D eigenvalue weighted by Gasteiger charge is -2.32. The Bertz CT molecular complexity index is 585. The van der Waals surface area contributed by atoms with Crippen LogP contribution in [0.1, 0.15) is 12.8 Å². The monoisotopic (exact) mass is 257 g/mol. The highest BCUT2D eigenvalue weighted by atomic mass is 16.5. The fourth-order valence-electron chi connectivity index (χ4n) is 2.80. The average molecular weight is 257 g/mol. The van der Waals surface area contributed by atoms with Crippen molar-refractivity contribution in [2.45, 2.75) is 18.9 Å². The van der Waals surface area contributed by atoms with Crippen LogP contribution in [-0.4, -0.2) is 31.2 Å². The highest BCUT2D eigenvalue weighted by molar-refractivity contribution is 5.96. The van der Waals surface area contributed by atoms with Gasteiger partial charge in [0.15, 0.2) is 0 Å². The summed E-state index contributed by atoms with van der Waals surface area (Å²) in [6, 6.07) is 8.34. The molecule has 1 aliphatic rings. The number of methoxy groups -OCH3 is 1. The van der Waals surface area contributed by atoms with Crippen LogP contribution in [0, 0.1) is 0 Å². The van der Waals surface area contributed by atoms with E-state index in [-0.39, 0.29) is 6.04 Å². The third kappa shape index (κ3) is 2.24. The molecule has 0 spiro atoms. The smallest absolute Gasteiger partial charge is 0.136 e. The second-order valence-electron chi connectivity index (χ2n) is 5.04. The second kappa shape index (κ2) is 5.05. The van der Waals surface area contributed by atoms with Crippen LogP contribution in [0.15, 0.2) is 30.5 Å². The molecule has 0 amide bonds. The number of piperidine rings is 1. The summed E-state index contributed by atoms with van der Waals surface area (Å²) < 4.78 is 5.42. The standard InChI is InChI=1S/C15H19N3O/c1-19-14-6-2-5-13-12(14)7-8-17-15(13)18-9-3-4-11(16)10-18/h2,5-8,11H,3-4,9-10,16H2,1H3. The summed E-state index contributed by atoms with van der Waals surface area (Å²) in [5.41, 5.74) is 6.07. The van der Waals surface area contributed by atoms with Gasteiger partial charge < -0.3 is 15.4 Å². The number of aromatic nitrogens is 1. The lowest BCUT2D eigenvalue weighted by molar-refractivity contribution is 0.420. The predicted octanol–water partition coefficient (Wildman–Crippen LogP) is 2.17. The van der Waals surface area contributed by atoms with Crippen LogP contribution in [0.4, 0.5) is 5.82 Å². The highest BCUT2D eigenvalue weighted by Gasteiger charge is 2.19. The van der Waals surface area contributed by atoms with Gasteiger partial charge in [0.2, 0.25) is 0 Å². The lowest BCUT2D eigenvalue weighted by atomic mass is 10.1. The van der Waals surface area contributed by atoms with Crippen molar-refractivity contribution in [3.63, 3.8) is 0 Å². The van der Waals surface area contributed by atoms with Gasteiger partial charge in [0, 0.05) is 36.1 Å². The summed E-state index contributed by atoms with van der Waals surface area (Å²) in [4.78, 5) is 6.84. The van der Waals surface area contributed by atoms with Gasteiger partial charge in [-0.3, -0.25) is 0 Å². The minimum Gasteiger partial charge on any atom is -0.496 e. The Balaban J connectivity index is 2.08. The quantitative estimate of drug-likeness (QED) is 0.896. The molecule has 0 bridgehead atoms. The van der Waals surface area contributed by atoms with E-state index in [0.29, 0.717) is 0 Å². The molecule has 100 valence electrons. The Morgan fingerprint density at radius 3 is 3.00 bits per heavy atom. The summed E-state index contributed by atoms with van der Waals surface area (Å²) >= 11 is 0. The maximum Gasteiger partial charge on any atom is 0.136 e. The van der Waals surface area contributed by atoms with Crippen molar-refractivity contribution >= 4 is 16.6 Å². The molecule has 2 aromatic rings. The van der Waals surface area contributed by atoms with E-state index < -0.39 is 0 Å².